The highest BCUT2D eigenvalue weighted by molar-refractivity contribution is 5.79. The maximum Gasteiger partial charge on any atom is 0.227 e. The van der Waals surface area contributed by atoms with Crippen molar-refractivity contribution in [2.75, 3.05) is 46.5 Å². The second-order valence-corrected chi connectivity index (χ2v) is 4.08. The summed E-state index contributed by atoms with van der Waals surface area (Å²) in [5.74, 6) is 0.204. The molecule has 1 aliphatic heterocycles. The lowest BCUT2D eigenvalue weighted by atomic mass is 9.98. The summed E-state index contributed by atoms with van der Waals surface area (Å²) in [6.45, 7) is 3.25. The summed E-state index contributed by atoms with van der Waals surface area (Å²) in [6.07, 6.45) is 1.99. The van der Waals surface area contributed by atoms with Gasteiger partial charge in [-0.1, -0.05) is 0 Å². The second-order valence-electron chi connectivity index (χ2n) is 4.08. The number of methoxy groups -OCH3 is 1. The fourth-order valence-electron chi connectivity index (χ4n) is 1.98. The van der Waals surface area contributed by atoms with Crippen molar-refractivity contribution in [3.8, 4) is 0 Å². The third-order valence-electron chi connectivity index (χ3n) is 2.89. The topological polar surface area (TPSA) is 61.8 Å². The molecule has 5 nitrogen and oxygen atoms in total. The molecule has 1 atom stereocenters. The van der Waals surface area contributed by atoms with E-state index >= 15 is 0 Å². The molecule has 1 amide bonds. The molecule has 1 aliphatic rings. The molecule has 0 aromatic heterocycles. The van der Waals surface area contributed by atoms with E-state index in [1.54, 1.807) is 12.0 Å². The maximum atomic E-state index is 12.1. The van der Waals surface area contributed by atoms with Gasteiger partial charge in [0.05, 0.1) is 19.1 Å². The number of piperidine rings is 1. The van der Waals surface area contributed by atoms with Crippen molar-refractivity contribution in [2.45, 2.75) is 12.8 Å². The zero-order valence-electron chi connectivity index (χ0n) is 9.95. The fraction of sp³-hybridized carbons (Fsp3) is 0.909. The van der Waals surface area contributed by atoms with E-state index in [1.165, 1.54) is 0 Å². The van der Waals surface area contributed by atoms with Crippen molar-refractivity contribution in [2.24, 2.45) is 5.92 Å². The highest BCUT2D eigenvalue weighted by atomic mass is 16.5. The van der Waals surface area contributed by atoms with Gasteiger partial charge in [-0.2, -0.15) is 0 Å². The summed E-state index contributed by atoms with van der Waals surface area (Å²) in [4.78, 5) is 13.8. The molecule has 5 heteroatoms. The number of hydrogen-bond donors (Lipinski definition) is 2. The van der Waals surface area contributed by atoms with E-state index in [0.29, 0.717) is 19.7 Å². The minimum absolute atomic E-state index is 0.00953. The van der Waals surface area contributed by atoms with E-state index in [4.69, 9.17) is 9.84 Å². The van der Waals surface area contributed by atoms with Crippen LogP contribution in [0.3, 0.4) is 0 Å². The predicted octanol–water partition coefficient (Wildman–Crippen LogP) is -0.547. The van der Waals surface area contributed by atoms with Gasteiger partial charge < -0.3 is 20.1 Å². The monoisotopic (exact) mass is 230 g/mol. The Kier molecular flexibility index (Phi) is 6.37. The first-order valence-corrected chi connectivity index (χ1v) is 5.89. The van der Waals surface area contributed by atoms with Gasteiger partial charge in [0.25, 0.3) is 0 Å². The molecule has 0 aliphatic carbocycles. The molecule has 1 heterocycles. The van der Waals surface area contributed by atoms with Gasteiger partial charge in [-0.15, -0.1) is 0 Å². The number of aliphatic hydroxyl groups is 1. The standard InChI is InChI=1S/C11H22N2O3/c1-16-8-6-13(5-7-14)11(15)10-3-2-4-12-9-10/h10,12,14H,2-9H2,1H3/t10-/m0/s1. The van der Waals surface area contributed by atoms with Crippen LogP contribution in [0.15, 0.2) is 0 Å². The van der Waals surface area contributed by atoms with Gasteiger partial charge in [0, 0.05) is 26.7 Å². The molecule has 0 aromatic carbocycles. The molecule has 2 N–H and O–H groups in total. The van der Waals surface area contributed by atoms with Crippen LogP contribution in [0, 0.1) is 5.92 Å². The molecule has 1 rings (SSSR count). The van der Waals surface area contributed by atoms with Crippen LogP contribution in [-0.4, -0.2) is 62.4 Å². The first-order chi connectivity index (χ1) is 7.79. The van der Waals surface area contributed by atoms with Crippen LogP contribution < -0.4 is 5.32 Å². The van der Waals surface area contributed by atoms with Gasteiger partial charge in [0.2, 0.25) is 5.91 Å². The van der Waals surface area contributed by atoms with Crippen LogP contribution in [0.1, 0.15) is 12.8 Å². The lowest BCUT2D eigenvalue weighted by Gasteiger charge is -2.29. The summed E-state index contributed by atoms with van der Waals surface area (Å²) in [7, 11) is 1.61. The molecule has 94 valence electrons. The summed E-state index contributed by atoms with van der Waals surface area (Å²) in [6, 6.07) is 0. The minimum Gasteiger partial charge on any atom is -0.395 e. The van der Waals surface area contributed by atoms with Gasteiger partial charge in [-0.05, 0) is 19.4 Å². The van der Waals surface area contributed by atoms with Crippen molar-refractivity contribution in [3.63, 3.8) is 0 Å². The number of rotatable bonds is 6. The van der Waals surface area contributed by atoms with Gasteiger partial charge in [0.1, 0.15) is 0 Å². The number of aliphatic hydroxyl groups excluding tert-OH is 1. The highest BCUT2D eigenvalue weighted by Crippen LogP contribution is 2.13. The van der Waals surface area contributed by atoms with Crippen molar-refractivity contribution in [1.29, 1.82) is 0 Å². The van der Waals surface area contributed by atoms with E-state index < -0.39 is 0 Å². The van der Waals surface area contributed by atoms with E-state index in [0.717, 1.165) is 25.9 Å². The van der Waals surface area contributed by atoms with E-state index in [-0.39, 0.29) is 18.4 Å². The van der Waals surface area contributed by atoms with Crippen molar-refractivity contribution in [1.82, 2.24) is 10.2 Å². The molecule has 0 radical (unpaired) electrons. The Balaban J connectivity index is 2.44. The number of carbonyl (C=O) groups is 1. The number of nitrogens with one attached hydrogen (secondary N) is 1. The molecule has 1 fully saturated rings. The Morgan fingerprint density at radius 3 is 2.94 bits per heavy atom. The van der Waals surface area contributed by atoms with Crippen molar-refractivity contribution in [3.05, 3.63) is 0 Å². The van der Waals surface area contributed by atoms with Crippen LogP contribution in [0.2, 0.25) is 0 Å². The first-order valence-electron chi connectivity index (χ1n) is 5.89. The second kappa shape index (κ2) is 7.60. The van der Waals surface area contributed by atoms with Gasteiger partial charge in [-0.25, -0.2) is 0 Å². The van der Waals surface area contributed by atoms with Crippen molar-refractivity contribution >= 4 is 5.91 Å². The summed E-state index contributed by atoms with van der Waals surface area (Å²) in [5.41, 5.74) is 0. The summed E-state index contributed by atoms with van der Waals surface area (Å²) in [5, 5.41) is 12.2. The van der Waals surface area contributed by atoms with Gasteiger partial charge in [-0.3, -0.25) is 4.79 Å². The number of ether oxygens (including phenoxy) is 1. The molecule has 0 bridgehead atoms. The molecule has 0 aromatic rings. The summed E-state index contributed by atoms with van der Waals surface area (Å²) < 4.78 is 4.97. The van der Waals surface area contributed by atoms with Crippen LogP contribution in [0.4, 0.5) is 0 Å². The molecule has 0 spiro atoms. The highest BCUT2D eigenvalue weighted by Gasteiger charge is 2.25. The van der Waals surface area contributed by atoms with E-state index in [1.807, 2.05) is 0 Å². The Bertz CT molecular complexity index is 205. The number of nitrogens with zero attached hydrogens (tertiary/aromatic N) is 1. The summed E-state index contributed by atoms with van der Waals surface area (Å²) >= 11 is 0. The molecule has 16 heavy (non-hydrogen) atoms. The van der Waals surface area contributed by atoms with Crippen LogP contribution >= 0.6 is 0 Å². The SMILES string of the molecule is COCCN(CCO)C(=O)[C@H]1CCCNC1. The zero-order chi connectivity index (χ0) is 11.8. The fourth-order valence-corrected chi connectivity index (χ4v) is 1.98. The number of carbonyl (C=O) groups excluding carboxylic acids is 1. The largest absolute Gasteiger partial charge is 0.395 e. The normalized spacial score (nSPS) is 20.8. The third-order valence-corrected chi connectivity index (χ3v) is 2.89. The molecular weight excluding hydrogens is 208 g/mol. The average molecular weight is 230 g/mol. The van der Waals surface area contributed by atoms with Gasteiger partial charge in [0.15, 0.2) is 0 Å². The lowest BCUT2D eigenvalue weighted by molar-refractivity contribution is -0.137. The third kappa shape index (κ3) is 4.08. The lowest BCUT2D eigenvalue weighted by Crippen LogP contribution is -2.45. The molecule has 0 saturated carbocycles. The molecular formula is C11H22N2O3. The molecule has 0 unspecified atom stereocenters. The van der Waals surface area contributed by atoms with E-state index in [9.17, 15) is 4.79 Å². The number of amides is 1. The van der Waals surface area contributed by atoms with E-state index in [2.05, 4.69) is 5.32 Å². The first kappa shape index (κ1) is 13.4. The quantitative estimate of drug-likeness (QED) is 0.643. The Morgan fingerprint density at radius 1 is 1.56 bits per heavy atom. The average Bonchev–Trinajstić information content (AvgIpc) is 2.35. The molecule has 1 saturated heterocycles. The predicted molar refractivity (Wildman–Crippen MR) is 61.1 cm³/mol. The van der Waals surface area contributed by atoms with Crippen molar-refractivity contribution < 1.29 is 14.6 Å². The zero-order valence-corrected chi connectivity index (χ0v) is 9.95. The maximum absolute atomic E-state index is 12.1. The van der Waals surface area contributed by atoms with Gasteiger partial charge >= 0.3 is 0 Å². The smallest absolute Gasteiger partial charge is 0.227 e. The Hall–Kier alpha value is -0.650. The Labute approximate surface area is 96.8 Å². The van der Waals surface area contributed by atoms with Crippen LogP contribution in [0.5, 0.6) is 0 Å². The minimum atomic E-state index is 0.00953. The number of hydrogen-bond acceptors (Lipinski definition) is 4. The van der Waals surface area contributed by atoms with Crippen LogP contribution in [0.25, 0.3) is 0 Å². The Morgan fingerprint density at radius 2 is 2.38 bits per heavy atom. The van der Waals surface area contributed by atoms with Crippen LogP contribution in [-0.2, 0) is 9.53 Å².